The highest BCUT2D eigenvalue weighted by molar-refractivity contribution is 8.00. The lowest BCUT2D eigenvalue weighted by Crippen LogP contribution is -2.14. The molecule has 0 unspecified atom stereocenters. The van der Waals surface area contributed by atoms with E-state index in [1.807, 2.05) is 47.8 Å². The Labute approximate surface area is 210 Å². The molecule has 1 heterocycles. The van der Waals surface area contributed by atoms with Crippen molar-refractivity contribution in [1.29, 1.82) is 5.26 Å². The number of hydrogen-bond acceptors (Lipinski definition) is 5. The van der Waals surface area contributed by atoms with Gasteiger partial charge in [0.25, 0.3) is 5.91 Å². The summed E-state index contributed by atoms with van der Waals surface area (Å²) in [7, 11) is 0. The van der Waals surface area contributed by atoms with Crippen LogP contribution < -0.4 is 10.6 Å². The maximum absolute atomic E-state index is 12.6. The van der Waals surface area contributed by atoms with Crippen molar-refractivity contribution in [1.82, 2.24) is 0 Å². The average Bonchev–Trinajstić information content (AvgIpc) is 3.26. The van der Waals surface area contributed by atoms with Crippen LogP contribution in [-0.2, 0) is 4.79 Å². The fourth-order valence-corrected chi connectivity index (χ4v) is 5.08. The molecule has 2 amide bonds. The van der Waals surface area contributed by atoms with Gasteiger partial charge in [-0.1, -0.05) is 54.1 Å². The molecule has 34 heavy (non-hydrogen) atoms. The minimum Gasteiger partial charge on any atom is -0.322 e. The van der Waals surface area contributed by atoms with Crippen LogP contribution in [0.3, 0.4) is 0 Å². The van der Waals surface area contributed by atoms with E-state index in [9.17, 15) is 14.9 Å². The summed E-state index contributed by atoms with van der Waals surface area (Å²) in [5, 5.41) is 18.2. The molecule has 0 saturated carbocycles. The summed E-state index contributed by atoms with van der Waals surface area (Å²) < 4.78 is 0. The molecule has 0 radical (unpaired) electrons. The van der Waals surface area contributed by atoms with E-state index in [0.29, 0.717) is 26.8 Å². The van der Waals surface area contributed by atoms with E-state index in [0.717, 1.165) is 16.0 Å². The second-order valence-corrected chi connectivity index (χ2v) is 9.53. The van der Waals surface area contributed by atoms with Gasteiger partial charge in [-0.15, -0.1) is 23.1 Å². The van der Waals surface area contributed by atoms with E-state index in [1.54, 1.807) is 36.4 Å². The van der Waals surface area contributed by atoms with Gasteiger partial charge in [-0.25, -0.2) is 0 Å². The number of carbonyl (C=O) groups is 2. The topological polar surface area (TPSA) is 82.0 Å². The van der Waals surface area contributed by atoms with Gasteiger partial charge >= 0.3 is 0 Å². The summed E-state index contributed by atoms with van der Waals surface area (Å²) in [6.07, 6.45) is 0. The molecule has 1 aromatic heterocycles. The summed E-state index contributed by atoms with van der Waals surface area (Å²) in [5.41, 5.74) is 3.28. The molecule has 4 aromatic rings. The molecular weight excluding hydrogens is 486 g/mol. The predicted octanol–water partition coefficient (Wildman–Crippen LogP) is 6.92. The molecule has 3 aromatic carbocycles. The van der Waals surface area contributed by atoms with Gasteiger partial charge in [0.05, 0.1) is 11.3 Å². The largest absolute Gasteiger partial charge is 0.322 e. The first-order valence-corrected chi connectivity index (χ1v) is 12.4. The number of halogens is 1. The minimum atomic E-state index is -0.265. The van der Waals surface area contributed by atoms with Crippen molar-refractivity contribution < 1.29 is 9.59 Å². The Morgan fingerprint density at radius 3 is 2.53 bits per heavy atom. The Bertz CT molecular complexity index is 1380. The number of hydrogen-bond donors (Lipinski definition) is 2. The lowest BCUT2D eigenvalue weighted by atomic mass is 10.1. The maximum Gasteiger partial charge on any atom is 0.255 e. The molecule has 168 valence electrons. The molecule has 8 heteroatoms. The van der Waals surface area contributed by atoms with Crippen molar-refractivity contribution in [3.05, 3.63) is 100 Å². The molecule has 0 fully saturated rings. The third kappa shape index (κ3) is 5.86. The molecule has 0 spiro atoms. The molecule has 0 atom stereocenters. The van der Waals surface area contributed by atoms with Crippen molar-refractivity contribution in [3.63, 3.8) is 0 Å². The number of nitrogens with one attached hydrogen (secondary N) is 2. The number of thiophene rings is 1. The van der Waals surface area contributed by atoms with Crippen molar-refractivity contribution in [2.24, 2.45) is 0 Å². The molecule has 2 N–H and O–H groups in total. The molecule has 0 bridgehead atoms. The molecule has 0 saturated heterocycles. The Balaban J connectivity index is 1.37. The van der Waals surface area contributed by atoms with Gasteiger partial charge in [0.1, 0.15) is 11.1 Å². The van der Waals surface area contributed by atoms with Crippen molar-refractivity contribution in [2.75, 3.05) is 16.4 Å². The molecule has 0 aliphatic carbocycles. The number of benzene rings is 3. The van der Waals surface area contributed by atoms with Gasteiger partial charge in [-0.2, -0.15) is 5.26 Å². The quantitative estimate of drug-likeness (QED) is 0.268. The van der Waals surface area contributed by atoms with Crippen LogP contribution >= 0.6 is 34.7 Å². The van der Waals surface area contributed by atoms with Gasteiger partial charge in [0, 0.05) is 32.1 Å². The summed E-state index contributed by atoms with van der Waals surface area (Å²) in [4.78, 5) is 25.8. The van der Waals surface area contributed by atoms with Crippen LogP contribution in [0.5, 0.6) is 0 Å². The Morgan fingerprint density at radius 1 is 0.971 bits per heavy atom. The number of anilines is 2. The van der Waals surface area contributed by atoms with Gasteiger partial charge < -0.3 is 10.6 Å². The standard InChI is InChI=1S/C26H18ClN3O2S2/c27-19-9-4-8-18(12-19)25(32)29-20-10-5-11-21(13-20)33-16-24(31)30-26-22(14-28)23(15-34-26)17-6-2-1-3-7-17/h1-13,15H,16H2,(H,29,32)(H,30,31). The van der Waals surface area contributed by atoms with Crippen LogP contribution in [0.15, 0.2) is 89.1 Å². The van der Waals surface area contributed by atoms with E-state index in [-0.39, 0.29) is 17.6 Å². The first kappa shape index (κ1) is 23.6. The average molecular weight is 504 g/mol. The second-order valence-electron chi connectivity index (χ2n) is 7.16. The minimum absolute atomic E-state index is 0.162. The van der Waals surface area contributed by atoms with E-state index in [1.165, 1.54) is 23.1 Å². The SMILES string of the molecule is N#Cc1c(-c2ccccc2)csc1NC(=O)CSc1cccc(NC(=O)c2cccc(Cl)c2)c1. The van der Waals surface area contributed by atoms with Crippen LogP contribution in [0.2, 0.25) is 5.02 Å². The Kier molecular flexibility index (Phi) is 7.65. The molecule has 0 aliphatic rings. The first-order chi connectivity index (χ1) is 16.5. The van der Waals surface area contributed by atoms with Crippen molar-refractivity contribution >= 4 is 57.2 Å². The molecule has 0 aliphatic heterocycles. The predicted molar refractivity (Wildman–Crippen MR) is 140 cm³/mol. The van der Waals surface area contributed by atoms with E-state index >= 15 is 0 Å². The lowest BCUT2D eigenvalue weighted by Gasteiger charge is -2.08. The van der Waals surface area contributed by atoms with E-state index in [4.69, 9.17) is 11.6 Å². The van der Waals surface area contributed by atoms with Gasteiger partial charge in [0.15, 0.2) is 0 Å². The van der Waals surface area contributed by atoms with Gasteiger partial charge in [0.2, 0.25) is 5.91 Å². The smallest absolute Gasteiger partial charge is 0.255 e. The number of thioether (sulfide) groups is 1. The normalized spacial score (nSPS) is 10.4. The summed E-state index contributed by atoms with van der Waals surface area (Å²) in [6.45, 7) is 0. The van der Waals surface area contributed by atoms with E-state index < -0.39 is 0 Å². The number of nitrogens with zero attached hydrogens (tertiary/aromatic N) is 1. The summed E-state index contributed by atoms with van der Waals surface area (Å²) in [6, 6.07) is 25.8. The molecule has 5 nitrogen and oxygen atoms in total. The first-order valence-electron chi connectivity index (χ1n) is 10.2. The van der Waals surface area contributed by atoms with Crippen LogP contribution in [0.1, 0.15) is 15.9 Å². The van der Waals surface area contributed by atoms with Crippen LogP contribution in [0.4, 0.5) is 10.7 Å². The Hall–Kier alpha value is -3.57. The highest BCUT2D eigenvalue weighted by atomic mass is 35.5. The monoisotopic (exact) mass is 503 g/mol. The number of nitriles is 1. The highest BCUT2D eigenvalue weighted by Crippen LogP contribution is 2.35. The number of carbonyl (C=O) groups excluding carboxylic acids is 2. The van der Waals surface area contributed by atoms with Crippen LogP contribution in [0.25, 0.3) is 11.1 Å². The summed E-state index contributed by atoms with van der Waals surface area (Å²) in [5.74, 6) is -0.315. The third-order valence-electron chi connectivity index (χ3n) is 4.79. The van der Waals surface area contributed by atoms with Crippen molar-refractivity contribution in [3.8, 4) is 17.2 Å². The zero-order chi connectivity index (χ0) is 23.9. The van der Waals surface area contributed by atoms with E-state index in [2.05, 4.69) is 16.7 Å². The zero-order valence-corrected chi connectivity index (χ0v) is 20.1. The number of rotatable bonds is 7. The van der Waals surface area contributed by atoms with Crippen LogP contribution in [0, 0.1) is 11.3 Å². The second kappa shape index (κ2) is 11.0. The third-order valence-corrected chi connectivity index (χ3v) is 6.91. The summed E-state index contributed by atoms with van der Waals surface area (Å²) >= 11 is 8.63. The Morgan fingerprint density at radius 2 is 1.76 bits per heavy atom. The maximum atomic E-state index is 12.6. The van der Waals surface area contributed by atoms with Crippen molar-refractivity contribution in [2.45, 2.75) is 4.90 Å². The lowest BCUT2D eigenvalue weighted by molar-refractivity contribution is -0.113. The fourth-order valence-electron chi connectivity index (χ4n) is 3.20. The fraction of sp³-hybridized carbons (Fsp3) is 0.0385. The zero-order valence-electron chi connectivity index (χ0n) is 17.7. The van der Waals surface area contributed by atoms with Gasteiger partial charge in [-0.3, -0.25) is 9.59 Å². The number of amides is 2. The highest BCUT2D eigenvalue weighted by Gasteiger charge is 2.15. The van der Waals surface area contributed by atoms with Gasteiger partial charge in [-0.05, 0) is 42.0 Å². The molecular formula is C26H18ClN3O2S2. The molecule has 4 rings (SSSR count). The van der Waals surface area contributed by atoms with Crippen LogP contribution in [-0.4, -0.2) is 17.6 Å².